The largest absolute Gasteiger partial charge is 0.452 e. The molecule has 132 valence electrons. The average Bonchev–Trinajstić information content (AvgIpc) is 2.61. The van der Waals surface area contributed by atoms with Gasteiger partial charge < -0.3 is 9.64 Å². The van der Waals surface area contributed by atoms with Crippen LogP contribution >= 0.6 is 11.8 Å². The molecule has 0 aliphatic rings. The van der Waals surface area contributed by atoms with Crippen LogP contribution in [0.4, 0.5) is 0 Å². The zero-order valence-electron chi connectivity index (χ0n) is 15.0. The highest BCUT2D eigenvalue weighted by atomic mass is 32.2. The van der Waals surface area contributed by atoms with Gasteiger partial charge in [-0.15, -0.1) is 11.8 Å². The predicted octanol–water partition coefficient (Wildman–Crippen LogP) is 3.84. The van der Waals surface area contributed by atoms with E-state index in [4.69, 9.17) is 4.74 Å². The van der Waals surface area contributed by atoms with Crippen molar-refractivity contribution in [3.05, 3.63) is 64.7 Å². The second-order valence-electron chi connectivity index (χ2n) is 5.96. The van der Waals surface area contributed by atoms with Crippen molar-refractivity contribution in [3.8, 4) is 0 Å². The molecular weight excluding hydrogens is 334 g/mol. The van der Waals surface area contributed by atoms with Gasteiger partial charge in [0.05, 0.1) is 5.56 Å². The Morgan fingerprint density at radius 2 is 1.84 bits per heavy atom. The SMILES string of the molecule is CSc1ccccc1C(=O)OCC(=O)N(C)Cc1ccc(C)cc1C. The number of benzene rings is 2. The van der Waals surface area contributed by atoms with Gasteiger partial charge in [0.25, 0.3) is 5.91 Å². The van der Waals surface area contributed by atoms with E-state index < -0.39 is 5.97 Å². The maximum atomic E-state index is 12.3. The van der Waals surface area contributed by atoms with Gasteiger partial charge in [0.15, 0.2) is 6.61 Å². The number of nitrogens with zero attached hydrogens (tertiary/aromatic N) is 1. The van der Waals surface area contributed by atoms with Gasteiger partial charge in [0.2, 0.25) is 0 Å². The minimum Gasteiger partial charge on any atom is -0.452 e. The zero-order chi connectivity index (χ0) is 18.4. The van der Waals surface area contributed by atoms with Crippen LogP contribution in [0.15, 0.2) is 47.4 Å². The molecule has 1 amide bonds. The quantitative estimate of drug-likeness (QED) is 0.582. The molecule has 0 saturated carbocycles. The molecule has 0 aliphatic heterocycles. The van der Waals surface area contributed by atoms with Crippen molar-refractivity contribution in [1.82, 2.24) is 4.90 Å². The first-order chi connectivity index (χ1) is 11.9. The van der Waals surface area contributed by atoms with E-state index >= 15 is 0 Å². The van der Waals surface area contributed by atoms with Crippen molar-refractivity contribution in [2.24, 2.45) is 0 Å². The molecular formula is C20H23NO3S. The second-order valence-corrected chi connectivity index (χ2v) is 6.80. The molecule has 0 radical (unpaired) electrons. The first-order valence-corrected chi connectivity index (χ1v) is 9.25. The van der Waals surface area contributed by atoms with Crippen LogP contribution in [0.2, 0.25) is 0 Å². The molecule has 5 heteroatoms. The molecule has 4 nitrogen and oxygen atoms in total. The molecule has 2 aromatic rings. The fraction of sp³-hybridized carbons (Fsp3) is 0.300. The molecule has 0 heterocycles. The summed E-state index contributed by atoms with van der Waals surface area (Å²) in [5, 5.41) is 0. The molecule has 0 saturated heterocycles. The third-order valence-corrected chi connectivity index (χ3v) is 4.78. The van der Waals surface area contributed by atoms with Crippen LogP contribution in [0.25, 0.3) is 0 Å². The average molecular weight is 357 g/mol. The topological polar surface area (TPSA) is 46.6 Å². The Kier molecular flexibility index (Phi) is 6.65. The maximum absolute atomic E-state index is 12.3. The van der Waals surface area contributed by atoms with Crippen molar-refractivity contribution in [3.63, 3.8) is 0 Å². The summed E-state index contributed by atoms with van der Waals surface area (Å²) < 4.78 is 5.20. The van der Waals surface area contributed by atoms with Gasteiger partial charge in [-0.1, -0.05) is 35.9 Å². The molecule has 0 aliphatic carbocycles. The molecule has 0 fully saturated rings. The fourth-order valence-corrected chi connectivity index (χ4v) is 3.08. The monoisotopic (exact) mass is 357 g/mol. The Balaban J connectivity index is 1.94. The number of amides is 1. The second kappa shape index (κ2) is 8.72. The van der Waals surface area contributed by atoms with Crippen molar-refractivity contribution >= 4 is 23.6 Å². The maximum Gasteiger partial charge on any atom is 0.339 e. The number of esters is 1. The minimum atomic E-state index is -0.474. The smallest absolute Gasteiger partial charge is 0.339 e. The van der Waals surface area contributed by atoms with E-state index in [1.165, 1.54) is 17.3 Å². The van der Waals surface area contributed by atoms with E-state index in [0.29, 0.717) is 12.1 Å². The number of aryl methyl sites for hydroxylation is 2. The number of thioether (sulfide) groups is 1. The van der Waals surface area contributed by atoms with Gasteiger partial charge in [-0.3, -0.25) is 4.79 Å². The lowest BCUT2D eigenvalue weighted by Crippen LogP contribution is -2.31. The summed E-state index contributed by atoms with van der Waals surface area (Å²) in [6.07, 6.45) is 1.90. The number of carbonyl (C=O) groups excluding carboxylic acids is 2. The summed E-state index contributed by atoms with van der Waals surface area (Å²) >= 11 is 1.47. The van der Waals surface area contributed by atoms with Gasteiger partial charge in [0, 0.05) is 18.5 Å². The summed E-state index contributed by atoms with van der Waals surface area (Å²) in [5.41, 5.74) is 3.91. The standard InChI is InChI=1S/C20H23NO3S/c1-14-9-10-16(15(2)11-14)12-21(3)19(22)13-24-20(23)17-7-5-6-8-18(17)25-4/h5-11H,12-13H2,1-4H3. The number of rotatable bonds is 6. The molecule has 0 spiro atoms. The third-order valence-electron chi connectivity index (χ3n) is 3.98. The van der Waals surface area contributed by atoms with Crippen LogP contribution < -0.4 is 0 Å². The van der Waals surface area contributed by atoms with Crippen LogP contribution in [0.1, 0.15) is 27.0 Å². The molecule has 0 bridgehead atoms. The summed E-state index contributed by atoms with van der Waals surface area (Å²) in [7, 11) is 1.71. The van der Waals surface area contributed by atoms with Gasteiger partial charge in [-0.25, -0.2) is 4.79 Å². The van der Waals surface area contributed by atoms with Crippen LogP contribution in [-0.4, -0.2) is 36.7 Å². The Hall–Kier alpha value is -2.27. The van der Waals surface area contributed by atoms with Crippen LogP contribution in [0, 0.1) is 13.8 Å². The van der Waals surface area contributed by atoms with E-state index in [-0.39, 0.29) is 12.5 Å². The summed E-state index contributed by atoms with van der Waals surface area (Å²) in [4.78, 5) is 26.9. The lowest BCUT2D eigenvalue weighted by atomic mass is 10.1. The van der Waals surface area contributed by atoms with Crippen LogP contribution in [0.3, 0.4) is 0 Å². The highest BCUT2D eigenvalue weighted by Crippen LogP contribution is 2.20. The Bertz CT molecular complexity index is 773. The zero-order valence-corrected chi connectivity index (χ0v) is 15.9. The van der Waals surface area contributed by atoms with Gasteiger partial charge in [-0.05, 0) is 43.4 Å². The Labute approximate surface area is 153 Å². The molecule has 0 atom stereocenters. The minimum absolute atomic E-state index is 0.227. The fourth-order valence-electron chi connectivity index (χ4n) is 2.50. The highest BCUT2D eigenvalue weighted by molar-refractivity contribution is 7.98. The van der Waals surface area contributed by atoms with Gasteiger partial charge >= 0.3 is 5.97 Å². The Morgan fingerprint density at radius 3 is 2.52 bits per heavy atom. The van der Waals surface area contributed by atoms with Crippen molar-refractivity contribution < 1.29 is 14.3 Å². The molecule has 2 aromatic carbocycles. The van der Waals surface area contributed by atoms with Crippen LogP contribution in [-0.2, 0) is 16.1 Å². The van der Waals surface area contributed by atoms with Gasteiger partial charge in [-0.2, -0.15) is 0 Å². The number of ether oxygens (including phenoxy) is 1. The summed E-state index contributed by atoms with van der Waals surface area (Å²) in [6.45, 7) is 4.30. The summed E-state index contributed by atoms with van der Waals surface area (Å²) in [5.74, 6) is -0.701. The predicted molar refractivity (Wildman–Crippen MR) is 101 cm³/mol. The molecule has 2 rings (SSSR count). The van der Waals surface area contributed by atoms with E-state index in [1.807, 2.05) is 44.4 Å². The first-order valence-electron chi connectivity index (χ1n) is 8.02. The van der Waals surface area contributed by atoms with E-state index in [9.17, 15) is 9.59 Å². The van der Waals surface area contributed by atoms with Crippen molar-refractivity contribution in [2.75, 3.05) is 19.9 Å². The molecule has 25 heavy (non-hydrogen) atoms. The number of hydrogen-bond donors (Lipinski definition) is 0. The number of likely N-dealkylation sites (N-methyl/N-ethyl adjacent to an activating group) is 1. The number of hydrogen-bond acceptors (Lipinski definition) is 4. The van der Waals surface area contributed by atoms with E-state index in [1.54, 1.807) is 24.1 Å². The highest BCUT2D eigenvalue weighted by Gasteiger charge is 2.16. The molecule has 0 aromatic heterocycles. The number of carbonyl (C=O) groups is 2. The van der Waals surface area contributed by atoms with E-state index in [2.05, 4.69) is 6.07 Å². The van der Waals surface area contributed by atoms with Crippen LogP contribution in [0.5, 0.6) is 0 Å². The third kappa shape index (κ3) is 5.10. The Morgan fingerprint density at radius 1 is 1.12 bits per heavy atom. The first kappa shape index (κ1) is 19.1. The van der Waals surface area contributed by atoms with E-state index in [0.717, 1.165) is 16.0 Å². The van der Waals surface area contributed by atoms with Crippen molar-refractivity contribution in [2.45, 2.75) is 25.3 Å². The molecule has 0 unspecified atom stereocenters. The lowest BCUT2D eigenvalue weighted by molar-refractivity contribution is -0.133. The normalized spacial score (nSPS) is 10.4. The van der Waals surface area contributed by atoms with Crippen molar-refractivity contribution in [1.29, 1.82) is 0 Å². The molecule has 0 N–H and O–H groups in total. The van der Waals surface area contributed by atoms with Gasteiger partial charge in [0.1, 0.15) is 0 Å². The lowest BCUT2D eigenvalue weighted by Gasteiger charge is -2.19. The summed E-state index contributed by atoms with van der Waals surface area (Å²) in [6, 6.07) is 13.4.